The average molecular weight is 383 g/mol. The lowest BCUT2D eigenvalue weighted by Crippen LogP contribution is -2.14. The molecule has 2 aromatic carbocycles. The van der Waals surface area contributed by atoms with Gasteiger partial charge in [-0.1, -0.05) is 23.7 Å². The summed E-state index contributed by atoms with van der Waals surface area (Å²) in [6.07, 6.45) is 0.818. The maximum absolute atomic E-state index is 12.2. The quantitative estimate of drug-likeness (QED) is 0.644. The van der Waals surface area contributed by atoms with Crippen LogP contribution in [0.3, 0.4) is 0 Å². The van der Waals surface area contributed by atoms with Gasteiger partial charge in [0.2, 0.25) is 0 Å². The van der Waals surface area contributed by atoms with E-state index in [2.05, 4.69) is 20.8 Å². The third kappa shape index (κ3) is 5.43. The summed E-state index contributed by atoms with van der Waals surface area (Å²) in [5.74, 6) is 1.46. The normalized spacial score (nSPS) is 10.3. The predicted octanol–water partition coefficient (Wildman–Crippen LogP) is 4.05. The van der Waals surface area contributed by atoms with Crippen LogP contribution in [0.1, 0.15) is 15.9 Å². The van der Waals surface area contributed by atoms with Gasteiger partial charge in [0.1, 0.15) is 11.6 Å². The minimum atomic E-state index is -0.256. The van der Waals surface area contributed by atoms with Gasteiger partial charge in [0.25, 0.3) is 5.91 Å². The van der Waals surface area contributed by atoms with E-state index >= 15 is 0 Å². The van der Waals surface area contributed by atoms with E-state index in [4.69, 9.17) is 16.3 Å². The van der Waals surface area contributed by atoms with Gasteiger partial charge in [0.05, 0.1) is 7.11 Å². The molecular formula is C20H19ClN4O2. The molecule has 0 spiro atoms. The molecule has 0 aliphatic rings. The average Bonchev–Trinajstić information content (AvgIpc) is 2.69. The van der Waals surface area contributed by atoms with Crippen LogP contribution in [-0.2, 0) is 6.42 Å². The predicted molar refractivity (Wildman–Crippen MR) is 107 cm³/mol. The molecule has 0 saturated heterocycles. The Hall–Kier alpha value is -3.12. The number of ether oxygens (including phenoxy) is 1. The molecule has 6 nitrogen and oxygen atoms in total. The Morgan fingerprint density at radius 1 is 1.04 bits per heavy atom. The molecule has 0 aliphatic heterocycles. The Labute approximate surface area is 162 Å². The first-order valence-corrected chi connectivity index (χ1v) is 8.79. The maximum atomic E-state index is 12.2. The molecular weight excluding hydrogens is 364 g/mol. The molecule has 0 atom stereocenters. The van der Waals surface area contributed by atoms with Crippen LogP contribution in [0.15, 0.2) is 60.7 Å². The Balaban J connectivity index is 1.51. The van der Waals surface area contributed by atoms with Gasteiger partial charge >= 0.3 is 0 Å². The second-order valence-electron chi connectivity index (χ2n) is 5.79. The number of carbonyl (C=O) groups excluding carboxylic acids is 1. The van der Waals surface area contributed by atoms with E-state index in [9.17, 15) is 4.79 Å². The van der Waals surface area contributed by atoms with Crippen LogP contribution in [0.25, 0.3) is 0 Å². The number of carbonyl (C=O) groups is 1. The molecule has 0 radical (unpaired) electrons. The number of methoxy groups -OCH3 is 1. The Morgan fingerprint density at radius 2 is 1.78 bits per heavy atom. The van der Waals surface area contributed by atoms with Gasteiger partial charge in [-0.2, -0.15) is 0 Å². The second kappa shape index (κ2) is 9.00. The topological polar surface area (TPSA) is 76.1 Å². The van der Waals surface area contributed by atoms with E-state index in [1.165, 1.54) is 0 Å². The molecule has 0 fully saturated rings. The minimum absolute atomic E-state index is 0.256. The largest absolute Gasteiger partial charge is 0.497 e. The lowest BCUT2D eigenvalue weighted by molar-refractivity contribution is 0.102. The van der Waals surface area contributed by atoms with E-state index in [-0.39, 0.29) is 5.91 Å². The zero-order valence-electron chi connectivity index (χ0n) is 14.8. The third-order valence-electron chi connectivity index (χ3n) is 3.87. The fourth-order valence-electron chi connectivity index (χ4n) is 2.45. The molecule has 0 unspecified atom stereocenters. The van der Waals surface area contributed by atoms with Gasteiger partial charge in [0.15, 0.2) is 5.82 Å². The molecule has 2 N–H and O–H groups in total. The van der Waals surface area contributed by atoms with Crippen molar-refractivity contribution < 1.29 is 9.53 Å². The SMILES string of the molecule is COc1ccc(C(=O)Nc2ccc(NCCc3cccc(Cl)c3)nn2)cc1. The lowest BCUT2D eigenvalue weighted by atomic mass is 10.1. The van der Waals surface area contributed by atoms with Crippen molar-refractivity contribution in [2.75, 3.05) is 24.3 Å². The van der Waals surface area contributed by atoms with Crippen LogP contribution in [0.2, 0.25) is 5.02 Å². The molecule has 3 rings (SSSR count). The number of hydrogen-bond acceptors (Lipinski definition) is 5. The van der Waals surface area contributed by atoms with Crippen molar-refractivity contribution in [2.45, 2.75) is 6.42 Å². The smallest absolute Gasteiger partial charge is 0.256 e. The van der Waals surface area contributed by atoms with Crippen molar-refractivity contribution in [3.8, 4) is 5.75 Å². The van der Waals surface area contributed by atoms with Gasteiger partial charge < -0.3 is 15.4 Å². The molecule has 7 heteroatoms. The number of aromatic nitrogens is 2. The standard InChI is InChI=1S/C20H19ClN4O2/c1-27-17-7-5-15(6-8-17)20(26)23-19-10-9-18(24-25-19)22-12-11-14-3-2-4-16(21)13-14/h2-10,13H,11-12H2,1H3,(H,22,24)(H,23,25,26). The van der Waals surface area contributed by atoms with E-state index < -0.39 is 0 Å². The van der Waals surface area contributed by atoms with Crippen LogP contribution in [0.4, 0.5) is 11.6 Å². The van der Waals surface area contributed by atoms with Crippen LogP contribution in [0, 0.1) is 0 Å². The number of amides is 1. The molecule has 3 aromatic rings. The first-order chi connectivity index (χ1) is 13.1. The van der Waals surface area contributed by atoms with Crippen LogP contribution >= 0.6 is 11.6 Å². The highest BCUT2D eigenvalue weighted by Crippen LogP contribution is 2.14. The van der Waals surface area contributed by atoms with Crippen molar-refractivity contribution in [1.82, 2.24) is 10.2 Å². The summed E-state index contributed by atoms with van der Waals surface area (Å²) in [5, 5.41) is 14.7. The Kier molecular flexibility index (Phi) is 6.22. The first kappa shape index (κ1) is 18.7. The van der Waals surface area contributed by atoms with Crippen molar-refractivity contribution >= 4 is 29.1 Å². The van der Waals surface area contributed by atoms with Gasteiger partial charge in [0, 0.05) is 17.1 Å². The molecule has 0 bridgehead atoms. The van der Waals surface area contributed by atoms with Crippen molar-refractivity contribution in [3.05, 3.63) is 76.8 Å². The van der Waals surface area contributed by atoms with Crippen LogP contribution < -0.4 is 15.4 Å². The van der Waals surface area contributed by atoms with Crippen molar-refractivity contribution in [2.24, 2.45) is 0 Å². The number of rotatable bonds is 7. The van der Waals surface area contributed by atoms with Crippen LogP contribution in [0.5, 0.6) is 5.75 Å². The number of anilines is 2. The maximum Gasteiger partial charge on any atom is 0.256 e. The van der Waals surface area contributed by atoms with Gasteiger partial charge in [-0.25, -0.2) is 0 Å². The number of hydrogen-bond donors (Lipinski definition) is 2. The van der Waals surface area contributed by atoms with E-state index in [0.29, 0.717) is 29.5 Å². The molecule has 0 saturated carbocycles. The van der Waals surface area contributed by atoms with Gasteiger partial charge in [-0.3, -0.25) is 4.79 Å². The molecule has 27 heavy (non-hydrogen) atoms. The Bertz CT molecular complexity index is 899. The lowest BCUT2D eigenvalue weighted by Gasteiger charge is -2.07. The summed E-state index contributed by atoms with van der Waals surface area (Å²) in [6, 6.07) is 18.1. The van der Waals surface area contributed by atoms with E-state index in [1.807, 2.05) is 24.3 Å². The Morgan fingerprint density at radius 3 is 2.44 bits per heavy atom. The van der Waals surface area contributed by atoms with Gasteiger partial charge in [-0.05, 0) is 60.5 Å². The third-order valence-corrected chi connectivity index (χ3v) is 4.10. The summed E-state index contributed by atoms with van der Waals surface area (Å²) >= 11 is 5.98. The number of nitrogens with one attached hydrogen (secondary N) is 2. The molecule has 0 aliphatic carbocycles. The van der Waals surface area contributed by atoms with Gasteiger partial charge in [-0.15, -0.1) is 10.2 Å². The number of benzene rings is 2. The molecule has 1 aromatic heterocycles. The summed E-state index contributed by atoms with van der Waals surface area (Å²) < 4.78 is 5.08. The van der Waals surface area contributed by atoms with Crippen molar-refractivity contribution in [1.29, 1.82) is 0 Å². The molecule has 1 amide bonds. The minimum Gasteiger partial charge on any atom is -0.497 e. The monoisotopic (exact) mass is 382 g/mol. The second-order valence-corrected chi connectivity index (χ2v) is 6.23. The zero-order chi connectivity index (χ0) is 19.1. The molecule has 1 heterocycles. The summed E-state index contributed by atoms with van der Waals surface area (Å²) in [5.41, 5.74) is 1.66. The fraction of sp³-hybridized carbons (Fsp3) is 0.150. The molecule has 138 valence electrons. The highest BCUT2D eigenvalue weighted by atomic mass is 35.5. The van der Waals surface area contributed by atoms with Crippen LogP contribution in [-0.4, -0.2) is 29.8 Å². The van der Waals surface area contributed by atoms with E-state index in [0.717, 1.165) is 17.0 Å². The van der Waals surface area contributed by atoms with E-state index in [1.54, 1.807) is 43.5 Å². The summed E-state index contributed by atoms with van der Waals surface area (Å²) in [4.78, 5) is 12.2. The highest BCUT2D eigenvalue weighted by Gasteiger charge is 2.07. The fourth-order valence-corrected chi connectivity index (χ4v) is 2.66. The first-order valence-electron chi connectivity index (χ1n) is 8.41. The number of nitrogens with zero attached hydrogens (tertiary/aromatic N) is 2. The highest BCUT2D eigenvalue weighted by molar-refractivity contribution is 6.30. The zero-order valence-corrected chi connectivity index (χ0v) is 15.5. The number of halogens is 1. The summed E-state index contributed by atoms with van der Waals surface area (Å²) in [6.45, 7) is 0.701. The summed E-state index contributed by atoms with van der Waals surface area (Å²) in [7, 11) is 1.58. The van der Waals surface area contributed by atoms with Crippen molar-refractivity contribution in [3.63, 3.8) is 0 Å².